The number of ether oxygens (including phenoxy) is 1. The highest BCUT2D eigenvalue weighted by molar-refractivity contribution is 8.02. The summed E-state index contributed by atoms with van der Waals surface area (Å²) in [5.41, 5.74) is 1.08. The molecule has 1 saturated heterocycles. The minimum Gasteiger partial charge on any atom is -0.479 e. The molecular formula is C20H18N4O6S. The van der Waals surface area contributed by atoms with Crippen molar-refractivity contribution in [3.63, 3.8) is 0 Å². The monoisotopic (exact) mass is 442 g/mol. The predicted molar refractivity (Wildman–Crippen MR) is 109 cm³/mol. The maximum absolute atomic E-state index is 12.7. The molecule has 2 aliphatic rings. The zero-order valence-electron chi connectivity index (χ0n) is 16.1. The second-order valence-electron chi connectivity index (χ2n) is 6.94. The number of rotatable bonds is 6. The standard InChI is InChI=1S/C20H18N4O6S/c25-14(8-12-4-2-1-3-5-12)22-15-17(26)24-16(19(27)28)13(10-31-18(15)24)9-30-20(29)23-7-6-21-11-23/h1-7,10-11,15-16,18H,8-9H2,(H,22,25)(H,27,28)/t15?,16?,18-/m0/s1. The summed E-state index contributed by atoms with van der Waals surface area (Å²) < 4.78 is 6.25. The molecule has 0 aliphatic carbocycles. The van der Waals surface area contributed by atoms with Crippen LogP contribution < -0.4 is 5.32 Å². The van der Waals surface area contributed by atoms with E-state index < -0.39 is 35.4 Å². The topological polar surface area (TPSA) is 131 Å². The number of carboxylic acids is 1. The Morgan fingerprint density at radius 2 is 2.00 bits per heavy atom. The average molecular weight is 442 g/mol. The van der Waals surface area contributed by atoms with E-state index >= 15 is 0 Å². The molecule has 3 heterocycles. The zero-order valence-corrected chi connectivity index (χ0v) is 16.9. The molecule has 2 aromatic rings. The molecule has 10 nitrogen and oxygen atoms in total. The fraction of sp³-hybridized carbons (Fsp3) is 0.250. The van der Waals surface area contributed by atoms with Gasteiger partial charge in [-0.1, -0.05) is 30.3 Å². The number of carboxylic acid groups (broad SMARTS) is 1. The number of aromatic nitrogens is 2. The zero-order chi connectivity index (χ0) is 22.0. The molecule has 0 bridgehead atoms. The maximum atomic E-state index is 12.7. The minimum atomic E-state index is -1.27. The van der Waals surface area contributed by atoms with E-state index in [0.717, 1.165) is 10.1 Å². The Kier molecular flexibility index (Phi) is 5.76. The second-order valence-corrected chi connectivity index (χ2v) is 7.93. The molecule has 1 aromatic heterocycles. The molecule has 0 radical (unpaired) electrons. The van der Waals surface area contributed by atoms with Gasteiger partial charge < -0.3 is 20.1 Å². The summed E-state index contributed by atoms with van der Waals surface area (Å²) in [6, 6.07) is 7.02. The lowest BCUT2D eigenvalue weighted by molar-refractivity contribution is -0.160. The van der Waals surface area contributed by atoms with Crippen LogP contribution in [0.4, 0.5) is 4.79 Å². The van der Waals surface area contributed by atoms with Crippen LogP contribution >= 0.6 is 11.8 Å². The van der Waals surface area contributed by atoms with Crippen molar-refractivity contribution in [2.45, 2.75) is 23.9 Å². The second kappa shape index (κ2) is 8.64. The van der Waals surface area contributed by atoms with Crippen LogP contribution in [0.5, 0.6) is 0 Å². The van der Waals surface area contributed by atoms with Gasteiger partial charge in [-0.3, -0.25) is 9.59 Å². The van der Waals surface area contributed by atoms with Crippen LogP contribution in [0.15, 0.2) is 60.0 Å². The van der Waals surface area contributed by atoms with Crippen molar-refractivity contribution in [2.24, 2.45) is 0 Å². The summed E-state index contributed by atoms with van der Waals surface area (Å²) >= 11 is 1.21. The van der Waals surface area contributed by atoms with E-state index in [4.69, 9.17) is 4.74 Å². The lowest BCUT2D eigenvalue weighted by atomic mass is 9.98. The van der Waals surface area contributed by atoms with Gasteiger partial charge in [0, 0.05) is 18.0 Å². The summed E-state index contributed by atoms with van der Waals surface area (Å²) in [6.07, 6.45) is 3.48. The highest BCUT2D eigenvalue weighted by Gasteiger charge is 2.55. The van der Waals surface area contributed by atoms with Gasteiger partial charge in [0.15, 0.2) is 6.04 Å². The van der Waals surface area contributed by atoms with E-state index in [0.29, 0.717) is 0 Å². The van der Waals surface area contributed by atoms with Crippen molar-refractivity contribution in [3.8, 4) is 0 Å². The van der Waals surface area contributed by atoms with Gasteiger partial charge >= 0.3 is 12.1 Å². The molecular weight excluding hydrogens is 424 g/mol. The number of amides is 2. The average Bonchev–Trinajstić information content (AvgIpc) is 3.30. The fourth-order valence-electron chi connectivity index (χ4n) is 3.42. The lowest BCUT2D eigenvalue weighted by Crippen LogP contribution is -2.74. The first-order valence-electron chi connectivity index (χ1n) is 9.33. The van der Waals surface area contributed by atoms with E-state index in [2.05, 4.69) is 10.3 Å². The Balaban J connectivity index is 1.40. The number of nitrogens with zero attached hydrogens (tertiary/aromatic N) is 3. The summed E-state index contributed by atoms with van der Waals surface area (Å²) in [5.74, 6) is -2.05. The third-order valence-electron chi connectivity index (χ3n) is 4.90. The predicted octanol–water partition coefficient (Wildman–Crippen LogP) is 0.847. The van der Waals surface area contributed by atoms with Crippen LogP contribution in [0.3, 0.4) is 0 Å². The van der Waals surface area contributed by atoms with Gasteiger partial charge in [-0.15, -0.1) is 11.8 Å². The van der Waals surface area contributed by atoms with Crippen LogP contribution in [0.1, 0.15) is 5.56 Å². The van der Waals surface area contributed by atoms with Gasteiger partial charge in [0.1, 0.15) is 24.3 Å². The van der Waals surface area contributed by atoms with Crippen LogP contribution in [-0.4, -0.2) is 67.5 Å². The van der Waals surface area contributed by atoms with Crippen molar-refractivity contribution < 1.29 is 29.0 Å². The van der Waals surface area contributed by atoms with Crippen LogP contribution in [0, 0.1) is 0 Å². The summed E-state index contributed by atoms with van der Waals surface area (Å²) in [4.78, 5) is 53.7. The first-order chi connectivity index (χ1) is 15.0. The molecule has 0 spiro atoms. The summed E-state index contributed by atoms with van der Waals surface area (Å²) in [6.45, 7) is -0.289. The molecule has 1 fully saturated rings. The molecule has 2 aliphatic heterocycles. The third-order valence-corrected chi connectivity index (χ3v) is 6.12. The van der Waals surface area contributed by atoms with Crippen molar-refractivity contribution in [3.05, 3.63) is 65.6 Å². The molecule has 31 heavy (non-hydrogen) atoms. The lowest BCUT2D eigenvalue weighted by Gasteiger charge is -2.51. The molecule has 4 rings (SSSR count). The fourth-order valence-corrected chi connectivity index (χ4v) is 4.63. The molecule has 0 saturated carbocycles. The Morgan fingerprint density at radius 1 is 1.23 bits per heavy atom. The number of hydrogen-bond donors (Lipinski definition) is 2. The number of nitrogens with one attached hydrogen (secondary N) is 1. The minimum absolute atomic E-state index is 0.121. The number of carbonyl (C=O) groups is 4. The number of β-lactam (4-membered cyclic amide) rings is 1. The Labute approximate surface area is 180 Å². The van der Waals surface area contributed by atoms with Gasteiger partial charge in [0.25, 0.3) is 0 Å². The van der Waals surface area contributed by atoms with Crippen molar-refractivity contribution >= 4 is 35.6 Å². The largest absolute Gasteiger partial charge is 0.479 e. The molecule has 2 amide bonds. The Morgan fingerprint density at radius 3 is 2.68 bits per heavy atom. The Bertz CT molecular complexity index is 1040. The molecule has 11 heteroatoms. The first-order valence-corrected chi connectivity index (χ1v) is 10.3. The number of fused-ring (bicyclic) bond motifs is 1. The van der Waals surface area contributed by atoms with Crippen molar-refractivity contribution in [2.75, 3.05) is 6.61 Å². The molecule has 2 unspecified atom stereocenters. The molecule has 3 atom stereocenters. The summed E-state index contributed by atoms with van der Waals surface area (Å²) in [7, 11) is 0. The number of carbonyl (C=O) groups excluding carboxylic acids is 3. The van der Waals surface area contributed by atoms with Crippen molar-refractivity contribution in [1.82, 2.24) is 19.8 Å². The SMILES string of the molecule is O=C(Cc1ccccc1)NC1C(=O)N2C(C(=O)O)C(COC(=O)n3ccnc3)=CS[C@@H]12. The van der Waals surface area contributed by atoms with E-state index in [-0.39, 0.29) is 24.5 Å². The van der Waals surface area contributed by atoms with Crippen LogP contribution in [0.2, 0.25) is 0 Å². The molecule has 160 valence electrons. The van der Waals surface area contributed by atoms with Gasteiger partial charge in [-0.05, 0) is 11.0 Å². The quantitative estimate of drug-likeness (QED) is 0.630. The highest BCUT2D eigenvalue weighted by Crippen LogP contribution is 2.40. The van der Waals surface area contributed by atoms with E-state index in [1.807, 2.05) is 30.3 Å². The molecule has 2 N–H and O–H groups in total. The normalized spacial score (nSPS) is 22.1. The van der Waals surface area contributed by atoms with E-state index in [1.54, 1.807) is 5.41 Å². The maximum Gasteiger partial charge on any atom is 0.419 e. The van der Waals surface area contributed by atoms with Gasteiger partial charge in [-0.2, -0.15) is 0 Å². The molecule has 1 aromatic carbocycles. The van der Waals surface area contributed by atoms with E-state index in [1.165, 1.54) is 35.4 Å². The van der Waals surface area contributed by atoms with Crippen LogP contribution in [0.25, 0.3) is 0 Å². The number of imidazole rings is 1. The number of benzene rings is 1. The number of aliphatic carboxylic acids is 1. The highest BCUT2D eigenvalue weighted by atomic mass is 32.2. The van der Waals surface area contributed by atoms with Gasteiger partial charge in [0.2, 0.25) is 11.8 Å². The Hall–Kier alpha value is -3.60. The third kappa shape index (κ3) is 4.17. The number of hydrogen-bond acceptors (Lipinski definition) is 7. The van der Waals surface area contributed by atoms with Crippen molar-refractivity contribution in [1.29, 1.82) is 0 Å². The van der Waals surface area contributed by atoms with Crippen LogP contribution in [-0.2, 0) is 25.5 Å². The van der Waals surface area contributed by atoms with E-state index in [9.17, 15) is 24.3 Å². The van der Waals surface area contributed by atoms with Gasteiger partial charge in [0.05, 0.1) is 6.42 Å². The van der Waals surface area contributed by atoms with Gasteiger partial charge in [-0.25, -0.2) is 19.1 Å². The smallest absolute Gasteiger partial charge is 0.419 e. The summed E-state index contributed by atoms with van der Waals surface area (Å²) in [5, 5.41) is 13.4. The first kappa shape index (κ1) is 20.7. The number of thioether (sulfide) groups is 1.